The fourth-order valence-corrected chi connectivity index (χ4v) is 3.90. The molecule has 2 aromatic carbocycles. The highest BCUT2D eigenvalue weighted by Crippen LogP contribution is 2.26. The van der Waals surface area contributed by atoms with E-state index >= 15 is 0 Å². The van der Waals surface area contributed by atoms with Gasteiger partial charge in [-0.2, -0.15) is 0 Å². The number of carbonyl (C=O) groups excluding carboxylic acids is 1. The zero-order valence-electron chi connectivity index (χ0n) is 16.5. The second-order valence-electron chi connectivity index (χ2n) is 6.75. The molecule has 3 aromatic rings. The van der Waals surface area contributed by atoms with Gasteiger partial charge in [-0.05, 0) is 18.9 Å². The van der Waals surface area contributed by atoms with Crippen molar-refractivity contribution < 1.29 is 4.79 Å². The van der Waals surface area contributed by atoms with Gasteiger partial charge in [-0.1, -0.05) is 79.3 Å². The first-order chi connectivity index (χ1) is 13.6. The number of aromatic nitrogens is 3. The summed E-state index contributed by atoms with van der Waals surface area (Å²) in [6, 6.07) is 20.2. The van der Waals surface area contributed by atoms with Crippen LogP contribution in [0.3, 0.4) is 0 Å². The molecule has 0 unspecified atom stereocenters. The van der Waals surface area contributed by atoms with Gasteiger partial charge in [0.15, 0.2) is 11.0 Å². The van der Waals surface area contributed by atoms with E-state index in [9.17, 15) is 4.79 Å². The number of nitrogens with zero attached hydrogens (tertiary/aromatic N) is 3. The lowest BCUT2D eigenvalue weighted by Gasteiger charge is -2.18. The molecular weight excluding hydrogens is 368 g/mol. The van der Waals surface area contributed by atoms with Gasteiger partial charge >= 0.3 is 0 Å². The van der Waals surface area contributed by atoms with Gasteiger partial charge in [0.2, 0.25) is 5.91 Å². The Balaban J connectivity index is 1.59. The zero-order valence-corrected chi connectivity index (χ0v) is 17.3. The van der Waals surface area contributed by atoms with Crippen LogP contribution >= 0.6 is 11.8 Å². The molecule has 0 aliphatic heterocycles. The molecule has 1 N–H and O–H groups in total. The van der Waals surface area contributed by atoms with Gasteiger partial charge in [-0.25, -0.2) is 0 Å². The molecule has 6 heteroatoms. The van der Waals surface area contributed by atoms with Crippen LogP contribution in [0.1, 0.15) is 31.7 Å². The first-order valence-corrected chi connectivity index (χ1v) is 10.4. The molecule has 1 aromatic heterocycles. The van der Waals surface area contributed by atoms with Gasteiger partial charge < -0.3 is 9.88 Å². The van der Waals surface area contributed by atoms with E-state index in [-0.39, 0.29) is 11.2 Å². The third kappa shape index (κ3) is 4.81. The Morgan fingerprint density at radius 3 is 2.36 bits per heavy atom. The minimum Gasteiger partial charge on any atom is -0.355 e. The average Bonchev–Trinajstić information content (AvgIpc) is 3.10. The number of thioether (sulfide) groups is 1. The fourth-order valence-electron chi connectivity index (χ4n) is 3.06. The summed E-state index contributed by atoms with van der Waals surface area (Å²) in [6.07, 6.45) is 0.982. The quantitative estimate of drug-likeness (QED) is 0.580. The Bertz CT molecular complexity index is 895. The molecule has 3 rings (SSSR count). The Hall–Kier alpha value is -2.60. The van der Waals surface area contributed by atoms with Crippen LogP contribution < -0.4 is 5.32 Å². The van der Waals surface area contributed by atoms with Crippen molar-refractivity contribution in [3.05, 3.63) is 66.2 Å². The summed E-state index contributed by atoms with van der Waals surface area (Å²) >= 11 is 1.43. The van der Waals surface area contributed by atoms with E-state index in [4.69, 9.17) is 0 Å². The molecule has 0 aliphatic rings. The predicted molar refractivity (Wildman–Crippen MR) is 114 cm³/mol. The Kier molecular flexibility index (Phi) is 6.87. The van der Waals surface area contributed by atoms with Gasteiger partial charge in [0.25, 0.3) is 0 Å². The molecule has 0 spiro atoms. The second-order valence-corrected chi connectivity index (χ2v) is 8.06. The van der Waals surface area contributed by atoms with E-state index in [0.717, 1.165) is 23.0 Å². The second kappa shape index (κ2) is 9.55. The molecule has 0 saturated carbocycles. The highest BCUT2D eigenvalue weighted by atomic mass is 32.2. The van der Waals surface area contributed by atoms with Crippen molar-refractivity contribution >= 4 is 17.7 Å². The lowest BCUT2D eigenvalue weighted by molar-refractivity contribution is -0.120. The lowest BCUT2D eigenvalue weighted by atomic mass is 9.96. The van der Waals surface area contributed by atoms with Gasteiger partial charge in [-0.3, -0.25) is 4.79 Å². The lowest BCUT2D eigenvalue weighted by Crippen LogP contribution is -2.34. The largest absolute Gasteiger partial charge is 0.355 e. The van der Waals surface area contributed by atoms with Gasteiger partial charge in [0.05, 0.1) is 5.25 Å². The van der Waals surface area contributed by atoms with Crippen molar-refractivity contribution in [3.63, 3.8) is 0 Å². The minimum absolute atomic E-state index is 0.0173. The number of carbonyl (C=O) groups is 1. The van der Waals surface area contributed by atoms with Crippen molar-refractivity contribution in [3.8, 4) is 11.4 Å². The summed E-state index contributed by atoms with van der Waals surface area (Å²) in [4.78, 5) is 12.6. The van der Waals surface area contributed by atoms with E-state index in [1.807, 2.05) is 67.1 Å². The number of benzene rings is 2. The van der Waals surface area contributed by atoms with E-state index in [1.54, 1.807) is 0 Å². The van der Waals surface area contributed by atoms with E-state index in [0.29, 0.717) is 12.5 Å². The zero-order chi connectivity index (χ0) is 19.9. The third-order valence-corrected chi connectivity index (χ3v) is 5.94. The van der Waals surface area contributed by atoms with Crippen molar-refractivity contribution in [1.29, 1.82) is 0 Å². The van der Waals surface area contributed by atoms with E-state index in [2.05, 4.69) is 34.6 Å². The number of hydrogen-bond donors (Lipinski definition) is 1. The third-order valence-electron chi connectivity index (χ3n) is 4.80. The molecule has 28 heavy (non-hydrogen) atoms. The summed E-state index contributed by atoms with van der Waals surface area (Å²) in [5.41, 5.74) is 2.27. The molecule has 0 fully saturated rings. The van der Waals surface area contributed by atoms with Gasteiger partial charge in [0, 0.05) is 25.1 Å². The molecule has 1 amide bonds. The summed E-state index contributed by atoms with van der Waals surface area (Å²) < 4.78 is 1.93. The molecule has 2 atom stereocenters. The van der Waals surface area contributed by atoms with Crippen LogP contribution in [0.5, 0.6) is 0 Å². The predicted octanol–water partition coefficient (Wildman–Crippen LogP) is 4.27. The molecule has 0 aliphatic carbocycles. The van der Waals surface area contributed by atoms with Crippen molar-refractivity contribution in [2.24, 2.45) is 7.05 Å². The van der Waals surface area contributed by atoms with Crippen molar-refractivity contribution in [2.45, 2.75) is 36.6 Å². The van der Waals surface area contributed by atoms with Gasteiger partial charge in [0.1, 0.15) is 0 Å². The Morgan fingerprint density at radius 1 is 1.07 bits per heavy atom. The van der Waals surface area contributed by atoms with E-state index in [1.165, 1.54) is 17.3 Å². The molecule has 0 saturated heterocycles. The number of hydrogen-bond acceptors (Lipinski definition) is 4. The maximum Gasteiger partial charge on any atom is 0.233 e. The summed E-state index contributed by atoms with van der Waals surface area (Å²) in [5, 5.41) is 12.1. The first-order valence-electron chi connectivity index (χ1n) is 9.54. The SMILES string of the molecule is CC[C@H](CNC(=O)[C@H](C)Sc1nnc(-c2ccccc2)n1C)c1ccccc1. The Labute approximate surface area is 170 Å². The number of nitrogens with one attached hydrogen (secondary N) is 1. The number of rotatable bonds is 8. The van der Waals surface area contributed by atoms with E-state index < -0.39 is 0 Å². The first kappa shape index (κ1) is 20.1. The van der Waals surface area contributed by atoms with Crippen LogP contribution in [-0.2, 0) is 11.8 Å². The topological polar surface area (TPSA) is 59.8 Å². The highest BCUT2D eigenvalue weighted by Gasteiger charge is 2.20. The smallest absolute Gasteiger partial charge is 0.233 e. The fraction of sp³-hybridized carbons (Fsp3) is 0.318. The summed E-state index contributed by atoms with van der Waals surface area (Å²) in [5.74, 6) is 1.14. The Morgan fingerprint density at radius 2 is 1.71 bits per heavy atom. The molecule has 146 valence electrons. The highest BCUT2D eigenvalue weighted by molar-refractivity contribution is 8.00. The maximum atomic E-state index is 12.6. The van der Waals surface area contributed by atoms with Crippen LogP contribution in [0.4, 0.5) is 0 Å². The maximum absolute atomic E-state index is 12.6. The molecule has 1 heterocycles. The van der Waals surface area contributed by atoms with Gasteiger partial charge in [-0.15, -0.1) is 10.2 Å². The molecule has 0 bridgehead atoms. The average molecular weight is 395 g/mol. The van der Waals surface area contributed by atoms with Crippen LogP contribution in [0.15, 0.2) is 65.8 Å². The monoisotopic (exact) mass is 394 g/mol. The molecular formula is C22H26N4OS. The van der Waals surface area contributed by atoms with Crippen LogP contribution in [0, 0.1) is 0 Å². The van der Waals surface area contributed by atoms with Crippen LogP contribution in [0.2, 0.25) is 0 Å². The summed E-state index contributed by atoms with van der Waals surface area (Å²) in [7, 11) is 1.93. The molecule has 0 radical (unpaired) electrons. The van der Waals surface area contributed by atoms with Crippen molar-refractivity contribution in [1.82, 2.24) is 20.1 Å². The molecule has 5 nitrogen and oxygen atoms in total. The summed E-state index contributed by atoms with van der Waals surface area (Å²) in [6.45, 7) is 4.69. The van der Waals surface area contributed by atoms with Crippen molar-refractivity contribution in [2.75, 3.05) is 6.54 Å². The van der Waals surface area contributed by atoms with Crippen LogP contribution in [-0.4, -0.2) is 32.5 Å². The minimum atomic E-state index is -0.250. The standard InChI is InChI=1S/C22H26N4OS/c1-4-17(18-11-7-5-8-12-18)15-23-21(27)16(2)28-22-25-24-20(26(22)3)19-13-9-6-10-14-19/h5-14,16-17H,4,15H2,1-3H3,(H,23,27)/t16-,17+/m0/s1. The normalized spacial score (nSPS) is 13.1. The number of amides is 1. The van der Waals surface area contributed by atoms with Crippen LogP contribution in [0.25, 0.3) is 11.4 Å².